The molecule has 0 amide bonds. The molecule has 1 aromatic rings. The predicted molar refractivity (Wildman–Crippen MR) is 52.8 cm³/mol. The van der Waals surface area contributed by atoms with Crippen molar-refractivity contribution in [3.05, 3.63) is 24.5 Å². The first-order valence-corrected chi connectivity index (χ1v) is 4.31. The van der Waals surface area contributed by atoms with Gasteiger partial charge in [-0.3, -0.25) is 9.78 Å². The van der Waals surface area contributed by atoms with E-state index in [0.717, 1.165) is 12.2 Å². The van der Waals surface area contributed by atoms with Gasteiger partial charge >= 0.3 is 0 Å². The van der Waals surface area contributed by atoms with Crippen molar-refractivity contribution in [1.29, 1.82) is 0 Å². The maximum atomic E-state index is 10.7. The van der Waals surface area contributed by atoms with Crippen LogP contribution in [-0.2, 0) is 4.79 Å². The molecule has 1 rings (SSSR count). The molecule has 0 spiro atoms. The molecule has 3 heteroatoms. The van der Waals surface area contributed by atoms with E-state index in [1.807, 2.05) is 24.1 Å². The first kappa shape index (κ1) is 9.71. The van der Waals surface area contributed by atoms with E-state index in [4.69, 9.17) is 0 Å². The molecule has 0 aliphatic heterocycles. The molecule has 0 fully saturated rings. The van der Waals surface area contributed by atoms with Crippen molar-refractivity contribution in [2.75, 3.05) is 18.5 Å². The van der Waals surface area contributed by atoms with Crippen LogP contribution in [0.15, 0.2) is 24.5 Å². The highest BCUT2D eigenvalue weighted by Crippen LogP contribution is 2.09. The summed E-state index contributed by atoms with van der Waals surface area (Å²) in [5.41, 5.74) is 1.09. The van der Waals surface area contributed by atoms with Gasteiger partial charge in [-0.15, -0.1) is 0 Å². The van der Waals surface area contributed by atoms with Gasteiger partial charge in [0.15, 0.2) is 0 Å². The zero-order valence-corrected chi connectivity index (χ0v) is 8.03. The lowest BCUT2D eigenvalue weighted by atomic mass is 10.3. The molecule has 1 aromatic heterocycles. The molecule has 1 heterocycles. The summed E-state index contributed by atoms with van der Waals surface area (Å²) in [7, 11) is 1.97. The average molecular weight is 178 g/mol. The standard InChI is InChI=1S/C10H14N2O/c1-9(13)5-8-12(2)10-3-6-11-7-4-10/h3-4,6-7H,5,8H2,1-2H3. The SMILES string of the molecule is CC(=O)CCN(C)c1ccncc1. The number of ketones is 1. The molecule has 70 valence electrons. The molecule has 0 saturated carbocycles. The van der Waals surface area contributed by atoms with Crippen LogP contribution in [0, 0.1) is 0 Å². The van der Waals surface area contributed by atoms with Crippen LogP contribution < -0.4 is 4.90 Å². The Morgan fingerprint density at radius 2 is 2.08 bits per heavy atom. The highest BCUT2D eigenvalue weighted by molar-refractivity contribution is 5.76. The van der Waals surface area contributed by atoms with Crippen LogP contribution >= 0.6 is 0 Å². The van der Waals surface area contributed by atoms with Crippen LogP contribution in [0.1, 0.15) is 13.3 Å². The average Bonchev–Trinajstić information content (AvgIpc) is 2.15. The second-order valence-corrected chi connectivity index (χ2v) is 3.08. The summed E-state index contributed by atoms with van der Waals surface area (Å²) in [6.45, 7) is 2.37. The smallest absolute Gasteiger partial charge is 0.131 e. The van der Waals surface area contributed by atoms with E-state index >= 15 is 0 Å². The Bertz CT molecular complexity index is 272. The van der Waals surface area contributed by atoms with Crippen molar-refractivity contribution in [2.45, 2.75) is 13.3 Å². The highest BCUT2D eigenvalue weighted by Gasteiger charge is 2.00. The van der Waals surface area contributed by atoms with E-state index in [1.165, 1.54) is 0 Å². The molecule has 0 aliphatic rings. The summed E-state index contributed by atoms with van der Waals surface area (Å²) in [5.74, 6) is 0.223. The fourth-order valence-electron chi connectivity index (χ4n) is 1.05. The summed E-state index contributed by atoms with van der Waals surface area (Å²) in [5, 5.41) is 0. The van der Waals surface area contributed by atoms with Crippen LogP contribution in [-0.4, -0.2) is 24.4 Å². The lowest BCUT2D eigenvalue weighted by Crippen LogP contribution is -2.20. The maximum absolute atomic E-state index is 10.7. The van der Waals surface area contributed by atoms with Crippen LogP contribution in [0.3, 0.4) is 0 Å². The highest BCUT2D eigenvalue weighted by atomic mass is 16.1. The number of nitrogens with zero attached hydrogens (tertiary/aromatic N) is 2. The zero-order chi connectivity index (χ0) is 9.68. The van der Waals surface area contributed by atoms with Crippen molar-refractivity contribution in [3.63, 3.8) is 0 Å². The Hall–Kier alpha value is -1.38. The van der Waals surface area contributed by atoms with Crippen LogP contribution in [0.25, 0.3) is 0 Å². The fraction of sp³-hybridized carbons (Fsp3) is 0.400. The van der Waals surface area contributed by atoms with Crippen molar-refractivity contribution < 1.29 is 4.79 Å². The van der Waals surface area contributed by atoms with Gasteiger partial charge in [-0.1, -0.05) is 0 Å². The third-order valence-electron chi connectivity index (χ3n) is 1.90. The van der Waals surface area contributed by atoms with Gasteiger partial charge in [0.05, 0.1) is 0 Å². The maximum Gasteiger partial charge on any atom is 0.131 e. The number of carbonyl (C=O) groups is 1. The molecule has 0 saturated heterocycles. The normalized spacial score (nSPS) is 9.69. The third-order valence-corrected chi connectivity index (χ3v) is 1.90. The van der Waals surface area contributed by atoms with Gasteiger partial charge < -0.3 is 4.90 Å². The largest absolute Gasteiger partial charge is 0.374 e. The molecule has 3 nitrogen and oxygen atoms in total. The van der Waals surface area contributed by atoms with Crippen molar-refractivity contribution >= 4 is 11.5 Å². The number of Topliss-reactive ketones (excluding diaryl/α,β-unsaturated/α-hetero) is 1. The molecule has 0 aromatic carbocycles. The minimum absolute atomic E-state index is 0.223. The Morgan fingerprint density at radius 1 is 1.46 bits per heavy atom. The number of carbonyl (C=O) groups excluding carboxylic acids is 1. The van der Waals surface area contributed by atoms with Crippen LogP contribution in [0.5, 0.6) is 0 Å². The first-order valence-electron chi connectivity index (χ1n) is 4.31. The van der Waals surface area contributed by atoms with E-state index < -0.39 is 0 Å². The minimum Gasteiger partial charge on any atom is -0.374 e. The second-order valence-electron chi connectivity index (χ2n) is 3.08. The topological polar surface area (TPSA) is 33.2 Å². The molecule has 0 N–H and O–H groups in total. The summed E-state index contributed by atoms with van der Waals surface area (Å²) in [6.07, 6.45) is 4.10. The summed E-state index contributed by atoms with van der Waals surface area (Å²) in [6, 6.07) is 3.86. The van der Waals surface area contributed by atoms with E-state index in [0.29, 0.717) is 6.42 Å². The number of rotatable bonds is 4. The fourth-order valence-corrected chi connectivity index (χ4v) is 1.05. The number of hydrogen-bond acceptors (Lipinski definition) is 3. The Morgan fingerprint density at radius 3 is 2.62 bits per heavy atom. The third kappa shape index (κ3) is 3.23. The van der Waals surface area contributed by atoms with E-state index in [-0.39, 0.29) is 5.78 Å². The molecule has 0 atom stereocenters. The summed E-state index contributed by atoms with van der Waals surface area (Å²) >= 11 is 0. The number of hydrogen-bond donors (Lipinski definition) is 0. The van der Waals surface area contributed by atoms with Gasteiger partial charge in [-0.05, 0) is 19.1 Å². The van der Waals surface area contributed by atoms with Gasteiger partial charge in [-0.25, -0.2) is 0 Å². The van der Waals surface area contributed by atoms with Crippen molar-refractivity contribution in [1.82, 2.24) is 4.98 Å². The number of anilines is 1. The van der Waals surface area contributed by atoms with Gasteiger partial charge in [0, 0.05) is 38.1 Å². The minimum atomic E-state index is 0.223. The zero-order valence-electron chi connectivity index (χ0n) is 8.03. The molecule has 0 radical (unpaired) electrons. The van der Waals surface area contributed by atoms with Gasteiger partial charge in [0.1, 0.15) is 5.78 Å². The van der Waals surface area contributed by atoms with Gasteiger partial charge in [-0.2, -0.15) is 0 Å². The summed E-state index contributed by atoms with van der Waals surface area (Å²) in [4.78, 5) is 16.7. The second kappa shape index (κ2) is 4.60. The lowest BCUT2D eigenvalue weighted by molar-refractivity contribution is -0.116. The molecular weight excluding hydrogens is 164 g/mol. The molecule has 0 unspecified atom stereocenters. The molecule has 0 bridgehead atoms. The monoisotopic (exact) mass is 178 g/mol. The van der Waals surface area contributed by atoms with Crippen molar-refractivity contribution in [2.24, 2.45) is 0 Å². The van der Waals surface area contributed by atoms with Crippen molar-refractivity contribution in [3.8, 4) is 0 Å². The molecule has 0 aliphatic carbocycles. The van der Waals surface area contributed by atoms with Crippen LogP contribution in [0.4, 0.5) is 5.69 Å². The van der Waals surface area contributed by atoms with E-state index in [1.54, 1.807) is 19.3 Å². The summed E-state index contributed by atoms with van der Waals surface area (Å²) < 4.78 is 0. The Balaban J connectivity index is 2.49. The Labute approximate surface area is 78.4 Å². The number of pyridine rings is 1. The molecular formula is C10H14N2O. The van der Waals surface area contributed by atoms with Gasteiger partial charge in [0.2, 0.25) is 0 Å². The van der Waals surface area contributed by atoms with Gasteiger partial charge in [0.25, 0.3) is 0 Å². The lowest BCUT2D eigenvalue weighted by Gasteiger charge is -2.17. The van der Waals surface area contributed by atoms with Crippen LogP contribution in [0.2, 0.25) is 0 Å². The number of aromatic nitrogens is 1. The first-order chi connectivity index (χ1) is 6.20. The van der Waals surface area contributed by atoms with E-state index in [9.17, 15) is 4.79 Å². The predicted octanol–water partition coefficient (Wildman–Crippen LogP) is 1.50. The molecule has 13 heavy (non-hydrogen) atoms. The quantitative estimate of drug-likeness (QED) is 0.700. The van der Waals surface area contributed by atoms with E-state index in [2.05, 4.69) is 4.98 Å². The Kier molecular flexibility index (Phi) is 3.43.